The van der Waals surface area contributed by atoms with Gasteiger partial charge in [0.05, 0.1) is 11.4 Å². The fraction of sp³-hybridized carbons (Fsp3) is 0. The molecule has 2 nitrogen and oxygen atoms in total. The second kappa shape index (κ2) is 13.6. The van der Waals surface area contributed by atoms with Crippen LogP contribution in [0.2, 0.25) is 0 Å². The van der Waals surface area contributed by atoms with Crippen molar-refractivity contribution in [3.05, 3.63) is 206 Å². The lowest BCUT2D eigenvalue weighted by Gasteiger charge is -2.15. The number of fused-ring (bicyclic) bond motifs is 8. The number of aromatic nitrogens is 2. The molecule has 10 aromatic carbocycles. The van der Waals surface area contributed by atoms with Gasteiger partial charge in [0.1, 0.15) is 0 Å². The van der Waals surface area contributed by atoms with E-state index in [4.69, 9.17) is 9.97 Å². The van der Waals surface area contributed by atoms with Gasteiger partial charge in [-0.3, -0.25) is 0 Å². The Kier molecular flexibility index (Phi) is 7.75. The van der Waals surface area contributed by atoms with Crippen LogP contribution in [0.25, 0.3) is 119 Å². The Morgan fingerprint density at radius 3 is 1.69 bits per heavy atom. The van der Waals surface area contributed by atoms with Gasteiger partial charge in [-0.25, -0.2) is 9.97 Å². The molecule has 12 aromatic rings. The Labute approximate surface area is 345 Å². The van der Waals surface area contributed by atoms with Crippen molar-refractivity contribution in [1.29, 1.82) is 0 Å². The number of rotatable bonds is 5. The van der Waals surface area contributed by atoms with E-state index >= 15 is 0 Å². The number of nitrogens with zero attached hydrogens (tertiary/aromatic N) is 2. The lowest BCUT2D eigenvalue weighted by Crippen LogP contribution is -1.96. The maximum absolute atomic E-state index is 5.12. The molecule has 0 aliphatic carbocycles. The van der Waals surface area contributed by atoms with Crippen LogP contribution in [0.1, 0.15) is 0 Å². The molecule has 2 heterocycles. The molecule has 0 radical (unpaired) electrons. The monoisotopic (exact) mass is 766 g/mol. The predicted molar refractivity (Wildman–Crippen MR) is 252 cm³/mol. The highest BCUT2D eigenvalue weighted by molar-refractivity contribution is 7.25. The summed E-state index contributed by atoms with van der Waals surface area (Å²) in [6.45, 7) is 0. The molecule has 0 bridgehead atoms. The number of benzene rings is 10. The van der Waals surface area contributed by atoms with Crippen LogP contribution in [-0.4, -0.2) is 9.97 Å². The van der Waals surface area contributed by atoms with Gasteiger partial charge in [0.15, 0.2) is 5.82 Å². The third-order valence-electron chi connectivity index (χ3n) is 11.8. The Balaban J connectivity index is 0.912. The molecule has 0 atom stereocenters. The zero-order valence-electron chi connectivity index (χ0n) is 31.9. The molecular formula is C56H34N2S. The second-order valence-electron chi connectivity index (χ2n) is 15.3. The van der Waals surface area contributed by atoms with Gasteiger partial charge < -0.3 is 0 Å². The number of hydrogen-bond donors (Lipinski definition) is 0. The highest BCUT2D eigenvalue weighted by atomic mass is 32.1. The Morgan fingerprint density at radius 2 is 0.864 bits per heavy atom. The standard InChI is InChI=1S/C56H34N2S/c1-2-11-38(12-3-1)56-57-51(34-52(58-56)43-27-29-54-50(33-43)47-16-8-9-17-53(47)59-54)37-20-18-35(19-21-37)39-22-23-41-31-44(25-24-40(41)30-39)55-46-15-7-5-13-42(46)32-49-45-14-6-4-10-36(45)26-28-48(49)55/h1-34H. The molecule has 59 heavy (non-hydrogen) atoms. The lowest BCUT2D eigenvalue weighted by molar-refractivity contribution is 1.18. The molecule has 3 heteroatoms. The molecule has 0 unspecified atom stereocenters. The van der Waals surface area contributed by atoms with E-state index < -0.39 is 0 Å². The minimum absolute atomic E-state index is 0.719. The normalized spacial score (nSPS) is 11.7. The summed E-state index contributed by atoms with van der Waals surface area (Å²) < 4.78 is 2.58. The molecule has 0 aliphatic heterocycles. The maximum Gasteiger partial charge on any atom is 0.160 e. The van der Waals surface area contributed by atoms with Gasteiger partial charge in [-0.15, -0.1) is 11.3 Å². The van der Waals surface area contributed by atoms with E-state index in [1.165, 1.54) is 85.5 Å². The highest BCUT2D eigenvalue weighted by Crippen LogP contribution is 2.41. The van der Waals surface area contributed by atoms with Crippen molar-refractivity contribution in [2.45, 2.75) is 0 Å². The molecule has 274 valence electrons. The maximum atomic E-state index is 5.12. The third-order valence-corrected chi connectivity index (χ3v) is 13.0. The summed E-state index contributed by atoms with van der Waals surface area (Å²) in [5, 5.41) is 12.6. The average molecular weight is 767 g/mol. The highest BCUT2D eigenvalue weighted by Gasteiger charge is 2.15. The van der Waals surface area contributed by atoms with Crippen LogP contribution in [-0.2, 0) is 0 Å². The van der Waals surface area contributed by atoms with Crippen molar-refractivity contribution < 1.29 is 0 Å². The first-order valence-corrected chi connectivity index (χ1v) is 20.9. The fourth-order valence-corrected chi connectivity index (χ4v) is 9.98. The molecular weight excluding hydrogens is 733 g/mol. The van der Waals surface area contributed by atoms with E-state index in [0.717, 1.165) is 33.9 Å². The van der Waals surface area contributed by atoms with Crippen LogP contribution in [0.15, 0.2) is 206 Å². The van der Waals surface area contributed by atoms with Gasteiger partial charge in [0, 0.05) is 36.9 Å². The molecule has 0 saturated carbocycles. The Bertz CT molecular complexity index is 3600. The van der Waals surface area contributed by atoms with Crippen LogP contribution in [0.5, 0.6) is 0 Å². The van der Waals surface area contributed by atoms with E-state index in [-0.39, 0.29) is 0 Å². The van der Waals surface area contributed by atoms with Gasteiger partial charge in [-0.05, 0) is 108 Å². The summed E-state index contributed by atoms with van der Waals surface area (Å²) >= 11 is 1.83. The van der Waals surface area contributed by atoms with Crippen LogP contribution in [0, 0.1) is 0 Å². The first kappa shape index (κ1) is 33.7. The van der Waals surface area contributed by atoms with Crippen molar-refractivity contribution in [1.82, 2.24) is 9.97 Å². The molecule has 0 aliphatic rings. The SMILES string of the molecule is c1ccc(-c2nc(-c3ccc(-c4ccc5cc(-c6c7ccccc7cc7c6ccc6ccccc67)ccc5c4)cc3)cc(-c3ccc4sc5ccccc5c4c3)n2)cc1. The third kappa shape index (κ3) is 5.78. The van der Waals surface area contributed by atoms with Crippen LogP contribution >= 0.6 is 11.3 Å². The minimum Gasteiger partial charge on any atom is -0.228 e. The summed E-state index contributed by atoms with van der Waals surface area (Å²) in [6.07, 6.45) is 0. The van der Waals surface area contributed by atoms with Crippen molar-refractivity contribution in [3.8, 4) is 56.2 Å². The smallest absolute Gasteiger partial charge is 0.160 e. The summed E-state index contributed by atoms with van der Waals surface area (Å²) in [5.74, 6) is 0.719. The van der Waals surface area contributed by atoms with E-state index in [1.54, 1.807) is 0 Å². The zero-order valence-corrected chi connectivity index (χ0v) is 32.7. The van der Waals surface area contributed by atoms with E-state index in [9.17, 15) is 0 Å². The summed E-state index contributed by atoms with van der Waals surface area (Å²) in [7, 11) is 0. The van der Waals surface area contributed by atoms with E-state index in [1.807, 2.05) is 29.5 Å². The predicted octanol–water partition coefficient (Wildman–Crippen LogP) is 15.8. The Morgan fingerprint density at radius 1 is 0.271 bits per heavy atom. The van der Waals surface area contributed by atoms with Gasteiger partial charge >= 0.3 is 0 Å². The Hall–Kier alpha value is -7.46. The van der Waals surface area contributed by atoms with Gasteiger partial charge in [0.25, 0.3) is 0 Å². The second-order valence-corrected chi connectivity index (χ2v) is 16.4. The van der Waals surface area contributed by atoms with Crippen LogP contribution in [0.3, 0.4) is 0 Å². The summed E-state index contributed by atoms with van der Waals surface area (Å²) in [4.78, 5) is 10.2. The van der Waals surface area contributed by atoms with Gasteiger partial charge in [-0.2, -0.15) is 0 Å². The van der Waals surface area contributed by atoms with E-state index in [2.05, 4.69) is 188 Å². The topological polar surface area (TPSA) is 25.8 Å². The molecule has 0 saturated heterocycles. The molecule has 2 aromatic heterocycles. The van der Waals surface area contributed by atoms with Crippen molar-refractivity contribution in [2.75, 3.05) is 0 Å². The first-order valence-electron chi connectivity index (χ1n) is 20.0. The molecule has 0 N–H and O–H groups in total. The summed E-state index contributed by atoms with van der Waals surface area (Å²) in [5.41, 5.74) is 9.81. The van der Waals surface area contributed by atoms with Crippen LogP contribution < -0.4 is 0 Å². The average Bonchev–Trinajstić information content (AvgIpc) is 3.69. The molecule has 0 amide bonds. The lowest BCUT2D eigenvalue weighted by atomic mass is 9.89. The number of hydrogen-bond acceptors (Lipinski definition) is 3. The van der Waals surface area contributed by atoms with Crippen molar-refractivity contribution >= 4 is 74.6 Å². The van der Waals surface area contributed by atoms with Crippen molar-refractivity contribution in [2.24, 2.45) is 0 Å². The molecule has 12 rings (SSSR count). The minimum atomic E-state index is 0.719. The largest absolute Gasteiger partial charge is 0.228 e. The first-order chi connectivity index (χ1) is 29.2. The van der Waals surface area contributed by atoms with Gasteiger partial charge in [-0.1, -0.05) is 164 Å². The van der Waals surface area contributed by atoms with Crippen molar-refractivity contribution in [3.63, 3.8) is 0 Å². The molecule has 0 spiro atoms. The summed E-state index contributed by atoms with van der Waals surface area (Å²) in [6, 6.07) is 74.7. The quantitative estimate of drug-likeness (QED) is 0.129. The van der Waals surface area contributed by atoms with E-state index in [0.29, 0.717) is 0 Å². The molecule has 0 fully saturated rings. The van der Waals surface area contributed by atoms with Crippen LogP contribution in [0.4, 0.5) is 0 Å². The number of thiophene rings is 1. The fourth-order valence-electron chi connectivity index (χ4n) is 8.89. The zero-order chi connectivity index (χ0) is 38.9. The van der Waals surface area contributed by atoms with Gasteiger partial charge in [0.2, 0.25) is 0 Å².